The van der Waals surface area contributed by atoms with Gasteiger partial charge < -0.3 is 35.6 Å². The Morgan fingerprint density at radius 1 is 0.594 bits per heavy atom. The number of rotatable bonds is 13. The Morgan fingerprint density at radius 2 is 0.913 bits per heavy atom. The highest BCUT2D eigenvalue weighted by Gasteiger charge is 2.53. The van der Waals surface area contributed by atoms with Crippen molar-refractivity contribution in [2.24, 2.45) is 5.73 Å². The number of aliphatic hydroxyl groups excluding tert-OH is 1. The van der Waals surface area contributed by atoms with Crippen molar-refractivity contribution in [1.29, 1.82) is 0 Å². The molecule has 4 aliphatic rings. The number of carbonyl (C=O) groups excluding carboxylic acids is 3. The Balaban J connectivity index is 0.000000205. The Hall–Kier alpha value is -5.73. The molecule has 2 aromatic heterocycles. The molecule has 0 radical (unpaired) electrons. The summed E-state index contributed by atoms with van der Waals surface area (Å²) >= 11 is 0. The summed E-state index contributed by atoms with van der Waals surface area (Å²) in [6.07, 6.45) is 4.57. The van der Waals surface area contributed by atoms with Gasteiger partial charge in [0, 0.05) is 60.1 Å². The minimum atomic E-state index is -4.84. The van der Waals surface area contributed by atoms with Crippen molar-refractivity contribution in [3.05, 3.63) is 119 Å². The van der Waals surface area contributed by atoms with Crippen molar-refractivity contribution < 1.29 is 60.8 Å². The number of nitrogens with two attached hydrogens (primary N) is 1. The zero-order valence-corrected chi connectivity index (χ0v) is 38.3. The van der Waals surface area contributed by atoms with Gasteiger partial charge in [-0.05, 0) is 138 Å². The number of benzene rings is 2. The Labute approximate surface area is 395 Å². The van der Waals surface area contributed by atoms with E-state index in [2.05, 4.69) is 19.9 Å². The molecule has 4 aliphatic carbocycles. The van der Waals surface area contributed by atoms with Crippen molar-refractivity contribution in [2.75, 3.05) is 13.2 Å². The molecule has 2 heterocycles. The van der Waals surface area contributed by atoms with Gasteiger partial charge in [-0.2, -0.15) is 26.3 Å². The standard InChI is InChI=1S/C25H29F3N4O4.C24H28F3N3O3/c1-23(35,25(26,27)28)17-5-3-16(4-6-17)20(33)32(18-7-8-18)19-9-11-24(12-10-19,15-36-22(29)34)21-30-13-2-14-31-21;1-22(33,24(25,26)27)17-5-3-16(4-6-17)20(32)30(18-7-8-18)19-9-11-23(15-31,12-10-19)21-28-13-2-14-29-21/h2-6,13-14,18-19,35H,7-12,15H2,1H3,(H2,29,34);2-6,13-14,18-19,31,33H,7-12,15H2,1H3/t19?,23-,24?;19?,22-,23?/m00/s1. The lowest BCUT2D eigenvalue weighted by atomic mass is 9.71. The van der Waals surface area contributed by atoms with Crippen LogP contribution in [0, 0.1) is 0 Å². The van der Waals surface area contributed by atoms with Crippen LogP contribution in [0.4, 0.5) is 31.1 Å². The maximum absolute atomic E-state index is 13.5. The third-order valence-electron chi connectivity index (χ3n) is 14.3. The molecule has 372 valence electrons. The molecule has 4 fully saturated rings. The fourth-order valence-corrected chi connectivity index (χ4v) is 9.57. The molecule has 20 heteroatoms. The van der Waals surface area contributed by atoms with Gasteiger partial charge in [0.05, 0.1) is 17.4 Å². The van der Waals surface area contributed by atoms with Gasteiger partial charge in [-0.15, -0.1) is 0 Å². The SMILES string of the molecule is C[C@](O)(c1ccc(C(=O)N(C2CC2)C2CCC(CO)(c3ncccn3)CC2)cc1)C(F)(F)F.C[C@](O)(c1ccc(C(=O)N(C2CC2)C2CCC(COC(N)=O)(c3ncccn3)CC2)cc1)C(F)(F)F. The number of halogens is 6. The molecule has 0 saturated heterocycles. The lowest BCUT2D eigenvalue weighted by molar-refractivity contribution is -0.259. The Bertz CT molecular complexity index is 2380. The maximum atomic E-state index is 13.5. The monoisotopic (exact) mass is 969 g/mol. The van der Waals surface area contributed by atoms with Crippen LogP contribution in [0.5, 0.6) is 0 Å². The molecule has 8 rings (SSSR count). The summed E-state index contributed by atoms with van der Waals surface area (Å²) in [5.74, 6) is 0.703. The summed E-state index contributed by atoms with van der Waals surface area (Å²) in [5.41, 5.74) is -2.00. The third-order valence-corrected chi connectivity index (χ3v) is 14.3. The lowest BCUT2D eigenvalue weighted by Crippen LogP contribution is -2.48. The van der Waals surface area contributed by atoms with Crippen LogP contribution in [0.3, 0.4) is 0 Å². The minimum Gasteiger partial charge on any atom is -0.449 e. The first-order valence-corrected chi connectivity index (χ1v) is 23.1. The van der Waals surface area contributed by atoms with Gasteiger partial charge in [-0.1, -0.05) is 24.3 Å². The predicted octanol–water partition coefficient (Wildman–Crippen LogP) is 7.55. The second kappa shape index (κ2) is 19.9. The number of ether oxygens (including phenoxy) is 1. The van der Waals surface area contributed by atoms with Gasteiger partial charge in [0.15, 0.2) is 11.2 Å². The van der Waals surface area contributed by atoms with Crippen LogP contribution in [0.15, 0.2) is 85.5 Å². The zero-order chi connectivity index (χ0) is 50.0. The van der Waals surface area contributed by atoms with Crippen LogP contribution in [-0.4, -0.2) is 113 Å². The minimum absolute atomic E-state index is 0.0219. The number of primary amides is 1. The van der Waals surface area contributed by atoms with E-state index < -0.39 is 40.5 Å². The molecule has 3 amide bonds. The van der Waals surface area contributed by atoms with E-state index >= 15 is 0 Å². The average Bonchev–Trinajstić information content (AvgIpc) is 4.29. The quantitative estimate of drug-likeness (QED) is 0.0963. The van der Waals surface area contributed by atoms with Gasteiger partial charge in [0.25, 0.3) is 11.8 Å². The molecule has 0 aliphatic heterocycles. The van der Waals surface area contributed by atoms with E-state index in [1.165, 1.54) is 24.3 Å². The van der Waals surface area contributed by atoms with E-state index in [1.54, 1.807) is 36.9 Å². The molecular formula is C49H57F6N7O7. The number of aliphatic hydroxyl groups is 3. The largest absolute Gasteiger partial charge is 0.449 e. The van der Waals surface area contributed by atoms with E-state index in [4.69, 9.17) is 10.5 Å². The normalized spacial score (nSPS) is 24.6. The topological polar surface area (TPSA) is 205 Å². The molecular weight excluding hydrogens is 913 g/mol. The van der Waals surface area contributed by atoms with Crippen LogP contribution in [0.2, 0.25) is 0 Å². The van der Waals surface area contributed by atoms with Crippen LogP contribution in [-0.2, 0) is 26.8 Å². The highest BCUT2D eigenvalue weighted by molar-refractivity contribution is 5.95. The summed E-state index contributed by atoms with van der Waals surface area (Å²) in [6, 6.07) is 13.5. The molecule has 4 aromatic rings. The first-order chi connectivity index (χ1) is 32.5. The summed E-state index contributed by atoms with van der Waals surface area (Å²) in [6.45, 7) is 1.36. The molecule has 14 nitrogen and oxygen atoms in total. The van der Waals surface area contributed by atoms with E-state index in [9.17, 15) is 56.0 Å². The maximum Gasteiger partial charge on any atom is 0.421 e. The van der Waals surface area contributed by atoms with E-state index in [-0.39, 0.29) is 65.9 Å². The third kappa shape index (κ3) is 11.0. The number of aromatic nitrogens is 4. The van der Waals surface area contributed by atoms with E-state index in [0.717, 1.165) is 49.9 Å². The van der Waals surface area contributed by atoms with Crippen molar-refractivity contribution in [2.45, 2.75) is 149 Å². The molecule has 5 N–H and O–H groups in total. The van der Waals surface area contributed by atoms with E-state index in [0.29, 0.717) is 82.4 Å². The summed E-state index contributed by atoms with van der Waals surface area (Å²) in [4.78, 5) is 59.2. The number of alkyl halides is 6. The Kier molecular flexibility index (Phi) is 14.8. The smallest absolute Gasteiger partial charge is 0.421 e. The molecule has 0 unspecified atom stereocenters. The predicted molar refractivity (Wildman–Crippen MR) is 237 cm³/mol. The summed E-state index contributed by atoms with van der Waals surface area (Å²) < 4.78 is 84.1. The summed E-state index contributed by atoms with van der Waals surface area (Å²) in [7, 11) is 0. The highest BCUT2D eigenvalue weighted by Crippen LogP contribution is 2.45. The first-order valence-electron chi connectivity index (χ1n) is 23.1. The van der Waals surface area contributed by atoms with Crippen molar-refractivity contribution in [3.8, 4) is 0 Å². The number of nitrogens with zero attached hydrogens (tertiary/aromatic N) is 6. The molecule has 69 heavy (non-hydrogen) atoms. The van der Waals surface area contributed by atoms with Crippen molar-refractivity contribution in [3.63, 3.8) is 0 Å². The second-order valence-electron chi connectivity index (χ2n) is 19.1. The number of amides is 3. The van der Waals surface area contributed by atoms with Crippen LogP contribution in [0.25, 0.3) is 0 Å². The van der Waals surface area contributed by atoms with Gasteiger partial charge in [0.1, 0.15) is 18.3 Å². The second-order valence-corrected chi connectivity index (χ2v) is 19.1. The zero-order valence-electron chi connectivity index (χ0n) is 38.3. The molecule has 0 bridgehead atoms. The van der Waals surface area contributed by atoms with Gasteiger partial charge >= 0.3 is 18.4 Å². The molecule has 4 saturated carbocycles. The number of hydrogen-bond donors (Lipinski definition) is 4. The fraction of sp³-hybridized carbons (Fsp3) is 0.531. The Morgan fingerprint density at radius 3 is 1.22 bits per heavy atom. The van der Waals surface area contributed by atoms with Crippen molar-refractivity contribution in [1.82, 2.24) is 29.7 Å². The summed E-state index contributed by atoms with van der Waals surface area (Å²) in [5, 5.41) is 29.9. The van der Waals surface area contributed by atoms with E-state index in [1.807, 2.05) is 9.80 Å². The first kappa shape index (κ1) is 51.1. The number of hydrogen-bond acceptors (Lipinski definition) is 11. The average molecular weight is 970 g/mol. The highest BCUT2D eigenvalue weighted by atomic mass is 19.4. The van der Waals surface area contributed by atoms with Gasteiger partial charge in [0.2, 0.25) is 0 Å². The van der Waals surface area contributed by atoms with Crippen LogP contribution in [0.1, 0.15) is 134 Å². The van der Waals surface area contributed by atoms with Crippen LogP contribution < -0.4 is 5.73 Å². The van der Waals surface area contributed by atoms with Gasteiger partial charge in [-0.25, -0.2) is 24.7 Å². The van der Waals surface area contributed by atoms with Crippen LogP contribution >= 0.6 is 0 Å². The van der Waals surface area contributed by atoms with Crippen molar-refractivity contribution >= 4 is 17.9 Å². The van der Waals surface area contributed by atoms with Gasteiger partial charge in [-0.3, -0.25) is 9.59 Å². The lowest BCUT2D eigenvalue weighted by Gasteiger charge is -2.42. The molecule has 2 aromatic carbocycles. The number of carbonyl (C=O) groups is 3. The fourth-order valence-electron chi connectivity index (χ4n) is 9.57. The molecule has 0 spiro atoms. The molecule has 2 atom stereocenters.